The first-order valence-electron chi connectivity index (χ1n) is 5.22. The summed E-state index contributed by atoms with van der Waals surface area (Å²) in [6.07, 6.45) is 4.09. The van der Waals surface area contributed by atoms with Crippen LogP contribution in [0.15, 0.2) is 12.4 Å². The molecule has 0 spiro atoms. The molecule has 0 unspecified atom stereocenters. The maximum atomic E-state index is 4.27. The fourth-order valence-corrected chi connectivity index (χ4v) is 1.66. The van der Waals surface area contributed by atoms with Crippen LogP contribution in [0.1, 0.15) is 12.5 Å². The van der Waals surface area contributed by atoms with Crippen LogP contribution in [0.3, 0.4) is 0 Å². The lowest BCUT2D eigenvalue weighted by atomic mass is 10.1. The average molecular weight is 194 g/mol. The van der Waals surface area contributed by atoms with Gasteiger partial charge in [-0.25, -0.2) is 0 Å². The molecule has 1 aromatic heterocycles. The lowest BCUT2D eigenvalue weighted by molar-refractivity contribution is 0.173. The maximum Gasteiger partial charge on any atom is 0.0534 e. The Labute approximate surface area is 84.9 Å². The van der Waals surface area contributed by atoms with Crippen LogP contribution >= 0.6 is 0 Å². The van der Waals surface area contributed by atoms with Crippen molar-refractivity contribution in [3.8, 4) is 0 Å². The van der Waals surface area contributed by atoms with Gasteiger partial charge in [-0.1, -0.05) is 0 Å². The Hall–Kier alpha value is -0.870. The smallest absolute Gasteiger partial charge is 0.0534 e. The number of hydrogen-bond acceptors (Lipinski definition) is 3. The summed E-state index contributed by atoms with van der Waals surface area (Å²) in [5.74, 6) is 0. The van der Waals surface area contributed by atoms with Crippen molar-refractivity contribution in [3.05, 3.63) is 18.0 Å². The van der Waals surface area contributed by atoms with Crippen LogP contribution in [-0.2, 0) is 13.1 Å². The van der Waals surface area contributed by atoms with E-state index in [1.54, 1.807) is 0 Å². The largest absolute Gasteiger partial charge is 0.314 e. The minimum atomic E-state index is 0.708. The first kappa shape index (κ1) is 9.68. The monoisotopic (exact) mass is 194 g/mol. The Morgan fingerprint density at radius 1 is 1.64 bits per heavy atom. The molecule has 2 rings (SSSR count). The van der Waals surface area contributed by atoms with E-state index in [0.29, 0.717) is 6.04 Å². The first-order chi connectivity index (χ1) is 6.79. The van der Waals surface area contributed by atoms with Gasteiger partial charge in [0.1, 0.15) is 0 Å². The zero-order valence-electron chi connectivity index (χ0n) is 8.90. The Morgan fingerprint density at radius 3 is 2.93 bits per heavy atom. The van der Waals surface area contributed by atoms with Gasteiger partial charge in [-0.05, 0) is 14.0 Å². The number of aromatic nitrogens is 2. The third-order valence-electron chi connectivity index (χ3n) is 2.83. The van der Waals surface area contributed by atoms with E-state index < -0.39 is 0 Å². The van der Waals surface area contributed by atoms with Gasteiger partial charge in [0.15, 0.2) is 0 Å². The third kappa shape index (κ3) is 1.96. The van der Waals surface area contributed by atoms with E-state index in [0.717, 1.165) is 26.2 Å². The molecule has 2 heterocycles. The van der Waals surface area contributed by atoms with E-state index in [9.17, 15) is 0 Å². The second kappa shape index (κ2) is 4.11. The second-order valence-electron chi connectivity index (χ2n) is 3.93. The molecule has 1 N–H and O–H groups in total. The van der Waals surface area contributed by atoms with Crippen molar-refractivity contribution in [3.63, 3.8) is 0 Å². The van der Waals surface area contributed by atoms with Crippen LogP contribution < -0.4 is 5.32 Å². The molecule has 78 valence electrons. The predicted molar refractivity (Wildman–Crippen MR) is 56.0 cm³/mol. The van der Waals surface area contributed by atoms with Crippen molar-refractivity contribution in [1.29, 1.82) is 0 Å². The zero-order valence-corrected chi connectivity index (χ0v) is 8.90. The molecule has 1 aromatic rings. The summed E-state index contributed by atoms with van der Waals surface area (Å²) in [5, 5.41) is 7.55. The van der Waals surface area contributed by atoms with E-state index in [-0.39, 0.29) is 0 Å². The fourth-order valence-electron chi connectivity index (χ4n) is 1.66. The molecule has 0 saturated carbocycles. The van der Waals surface area contributed by atoms with Gasteiger partial charge in [-0.3, -0.25) is 9.58 Å². The number of hydrogen-bond donors (Lipinski definition) is 1. The molecule has 0 amide bonds. The van der Waals surface area contributed by atoms with Crippen LogP contribution in [-0.4, -0.2) is 40.9 Å². The third-order valence-corrected chi connectivity index (χ3v) is 2.83. The summed E-state index contributed by atoms with van der Waals surface area (Å²) in [4.78, 5) is 2.38. The van der Waals surface area contributed by atoms with Crippen LogP contribution in [0.25, 0.3) is 0 Å². The summed E-state index contributed by atoms with van der Waals surface area (Å²) < 4.78 is 1.97. The highest BCUT2D eigenvalue weighted by Gasteiger charge is 2.21. The standard InChI is InChI=1S/C10H18N4/c1-3-14-8-9(4-12-14)7-13(2)10-5-11-6-10/h4,8,10-11H,3,5-7H2,1-2H3. The summed E-state index contributed by atoms with van der Waals surface area (Å²) in [6.45, 7) is 6.31. The van der Waals surface area contributed by atoms with E-state index in [1.165, 1.54) is 5.56 Å². The number of aryl methyl sites for hydroxylation is 1. The minimum Gasteiger partial charge on any atom is -0.314 e. The highest BCUT2D eigenvalue weighted by Crippen LogP contribution is 2.08. The van der Waals surface area contributed by atoms with Gasteiger partial charge >= 0.3 is 0 Å². The zero-order chi connectivity index (χ0) is 9.97. The molecule has 0 aliphatic carbocycles. The Bertz CT molecular complexity index is 290. The van der Waals surface area contributed by atoms with E-state index in [4.69, 9.17) is 0 Å². The van der Waals surface area contributed by atoms with Crippen molar-refractivity contribution in [2.45, 2.75) is 26.1 Å². The van der Waals surface area contributed by atoms with Crippen molar-refractivity contribution in [2.75, 3.05) is 20.1 Å². The van der Waals surface area contributed by atoms with Crippen LogP contribution in [0, 0.1) is 0 Å². The number of nitrogens with one attached hydrogen (secondary N) is 1. The number of likely N-dealkylation sites (N-methyl/N-ethyl adjacent to an activating group) is 1. The van der Waals surface area contributed by atoms with Gasteiger partial charge in [0.25, 0.3) is 0 Å². The van der Waals surface area contributed by atoms with Crippen molar-refractivity contribution in [1.82, 2.24) is 20.0 Å². The van der Waals surface area contributed by atoms with E-state index >= 15 is 0 Å². The summed E-state index contributed by atoms with van der Waals surface area (Å²) in [7, 11) is 2.18. The molecule has 0 aromatic carbocycles. The second-order valence-corrected chi connectivity index (χ2v) is 3.93. The van der Waals surface area contributed by atoms with Gasteiger partial charge in [0.2, 0.25) is 0 Å². The van der Waals surface area contributed by atoms with E-state index in [1.807, 2.05) is 10.9 Å². The molecular weight excluding hydrogens is 176 g/mol. The molecule has 1 aliphatic heterocycles. The summed E-state index contributed by atoms with van der Waals surface area (Å²) in [5.41, 5.74) is 1.31. The van der Waals surface area contributed by atoms with Gasteiger partial charge < -0.3 is 5.32 Å². The molecule has 14 heavy (non-hydrogen) atoms. The van der Waals surface area contributed by atoms with Crippen LogP contribution in [0.5, 0.6) is 0 Å². The van der Waals surface area contributed by atoms with E-state index in [2.05, 4.69) is 35.5 Å². The highest BCUT2D eigenvalue weighted by atomic mass is 15.3. The molecule has 0 radical (unpaired) electrons. The normalized spacial score (nSPS) is 17.4. The van der Waals surface area contributed by atoms with Crippen molar-refractivity contribution < 1.29 is 0 Å². The first-order valence-corrected chi connectivity index (χ1v) is 5.22. The molecular formula is C10H18N4. The molecule has 1 saturated heterocycles. The molecule has 0 bridgehead atoms. The summed E-state index contributed by atoms with van der Waals surface area (Å²) >= 11 is 0. The quantitative estimate of drug-likeness (QED) is 0.748. The lowest BCUT2D eigenvalue weighted by Gasteiger charge is -2.35. The summed E-state index contributed by atoms with van der Waals surface area (Å²) in [6, 6.07) is 0.708. The Balaban J connectivity index is 1.89. The van der Waals surface area contributed by atoms with Gasteiger partial charge in [-0.2, -0.15) is 5.10 Å². The van der Waals surface area contributed by atoms with Crippen LogP contribution in [0.4, 0.5) is 0 Å². The number of rotatable bonds is 4. The van der Waals surface area contributed by atoms with Gasteiger partial charge in [0, 0.05) is 44.0 Å². The molecule has 0 atom stereocenters. The topological polar surface area (TPSA) is 33.1 Å². The maximum absolute atomic E-state index is 4.27. The fraction of sp³-hybridized carbons (Fsp3) is 0.700. The SMILES string of the molecule is CCn1cc(CN(C)C2CNC2)cn1. The lowest BCUT2D eigenvalue weighted by Crippen LogP contribution is -2.55. The average Bonchev–Trinajstić information content (AvgIpc) is 2.48. The van der Waals surface area contributed by atoms with Gasteiger partial charge in [0.05, 0.1) is 6.20 Å². The predicted octanol–water partition coefficient (Wildman–Crippen LogP) is 0.307. The molecule has 4 nitrogen and oxygen atoms in total. The molecule has 1 aliphatic rings. The van der Waals surface area contributed by atoms with Crippen LogP contribution in [0.2, 0.25) is 0 Å². The van der Waals surface area contributed by atoms with Gasteiger partial charge in [-0.15, -0.1) is 0 Å². The molecule has 1 fully saturated rings. The Morgan fingerprint density at radius 2 is 2.43 bits per heavy atom. The van der Waals surface area contributed by atoms with Crippen molar-refractivity contribution in [2.24, 2.45) is 0 Å². The Kier molecular flexibility index (Phi) is 2.84. The number of nitrogens with zero attached hydrogens (tertiary/aromatic N) is 3. The van der Waals surface area contributed by atoms with Crippen molar-refractivity contribution >= 4 is 0 Å². The highest BCUT2D eigenvalue weighted by molar-refractivity contribution is 5.04. The molecule has 4 heteroatoms. The minimum absolute atomic E-state index is 0.708.